The van der Waals surface area contributed by atoms with Crippen LogP contribution in [0.25, 0.3) is 5.76 Å². The summed E-state index contributed by atoms with van der Waals surface area (Å²) < 4.78 is 22.0. The fourth-order valence-corrected chi connectivity index (χ4v) is 4.54. The minimum absolute atomic E-state index is 0.0140. The third-order valence-electron chi connectivity index (χ3n) is 6.27. The molecular formula is C28H25NO7. The molecule has 0 radical (unpaired) electrons. The number of Topliss-reactive ketones (excluding diaryl/α,β-unsaturated/α-hetero) is 1. The van der Waals surface area contributed by atoms with Crippen molar-refractivity contribution in [3.05, 3.63) is 89.0 Å². The molecule has 2 heterocycles. The van der Waals surface area contributed by atoms with Crippen LogP contribution in [0.2, 0.25) is 0 Å². The van der Waals surface area contributed by atoms with E-state index in [2.05, 4.69) is 0 Å². The van der Waals surface area contributed by atoms with Crippen molar-refractivity contribution in [3.63, 3.8) is 0 Å². The summed E-state index contributed by atoms with van der Waals surface area (Å²) in [5.74, 6) is 0.217. The highest BCUT2D eigenvalue weighted by Gasteiger charge is 2.46. The van der Waals surface area contributed by atoms with Crippen LogP contribution >= 0.6 is 0 Å². The second kappa shape index (κ2) is 9.65. The standard InChI is InChI=1S/C28H25NO7/c1-33-20-10-8-18(14-22(20)34-2)25-24(26(30)19-9-11-21-23(15-19)36-13-12-35-21)27(31)28(32)29(25)16-17-6-4-3-5-7-17/h3-11,14-15,25,30H,12-13,16H2,1-2H3. The lowest BCUT2D eigenvalue weighted by atomic mass is 9.94. The number of nitrogens with zero attached hydrogens (tertiary/aromatic N) is 1. The Labute approximate surface area is 208 Å². The first kappa shape index (κ1) is 23.3. The number of hydrogen-bond acceptors (Lipinski definition) is 7. The topological polar surface area (TPSA) is 94.5 Å². The van der Waals surface area contributed by atoms with Gasteiger partial charge < -0.3 is 29.0 Å². The summed E-state index contributed by atoms with van der Waals surface area (Å²) in [6.45, 7) is 0.995. The number of methoxy groups -OCH3 is 2. The minimum atomic E-state index is -0.849. The quantitative estimate of drug-likeness (QED) is 0.318. The van der Waals surface area contributed by atoms with Gasteiger partial charge in [-0.1, -0.05) is 36.4 Å². The molecule has 36 heavy (non-hydrogen) atoms. The van der Waals surface area contributed by atoms with E-state index in [-0.39, 0.29) is 17.9 Å². The molecule has 0 saturated carbocycles. The van der Waals surface area contributed by atoms with Crippen LogP contribution in [0.4, 0.5) is 0 Å². The third kappa shape index (κ3) is 4.11. The molecule has 1 unspecified atom stereocenters. The number of rotatable bonds is 6. The SMILES string of the molecule is COc1ccc(C2C(=C(O)c3ccc4c(c3)OCCO4)C(=O)C(=O)N2Cc2ccccc2)cc1OC. The van der Waals surface area contributed by atoms with Crippen LogP contribution in [-0.2, 0) is 16.1 Å². The molecule has 0 spiro atoms. The maximum atomic E-state index is 13.3. The van der Waals surface area contributed by atoms with E-state index in [0.717, 1.165) is 5.56 Å². The Balaban J connectivity index is 1.65. The molecule has 184 valence electrons. The van der Waals surface area contributed by atoms with Gasteiger partial charge in [0, 0.05) is 12.1 Å². The minimum Gasteiger partial charge on any atom is -0.507 e. The monoisotopic (exact) mass is 487 g/mol. The average Bonchev–Trinajstić information content (AvgIpc) is 3.17. The van der Waals surface area contributed by atoms with E-state index in [4.69, 9.17) is 18.9 Å². The first-order valence-corrected chi connectivity index (χ1v) is 11.5. The molecule has 2 aliphatic heterocycles. The van der Waals surface area contributed by atoms with Gasteiger partial charge in [0.25, 0.3) is 11.7 Å². The van der Waals surface area contributed by atoms with E-state index in [1.807, 2.05) is 30.3 Å². The maximum Gasteiger partial charge on any atom is 0.295 e. The van der Waals surface area contributed by atoms with Gasteiger partial charge in [0.15, 0.2) is 23.0 Å². The summed E-state index contributed by atoms with van der Waals surface area (Å²) in [6.07, 6.45) is 0. The Kier molecular flexibility index (Phi) is 6.25. The summed E-state index contributed by atoms with van der Waals surface area (Å²) in [5, 5.41) is 11.4. The number of benzene rings is 3. The predicted octanol–water partition coefficient (Wildman–Crippen LogP) is 4.10. The fourth-order valence-electron chi connectivity index (χ4n) is 4.54. The molecule has 0 bridgehead atoms. The summed E-state index contributed by atoms with van der Waals surface area (Å²) in [4.78, 5) is 28.1. The highest BCUT2D eigenvalue weighted by molar-refractivity contribution is 6.46. The normalized spacial score (nSPS) is 18.3. The molecule has 8 heteroatoms. The molecule has 3 aromatic carbocycles. The first-order chi connectivity index (χ1) is 17.5. The van der Waals surface area contributed by atoms with Gasteiger partial charge in [0.2, 0.25) is 0 Å². The van der Waals surface area contributed by atoms with Crippen molar-refractivity contribution in [1.82, 2.24) is 4.90 Å². The Hall–Kier alpha value is -4.46. The highest BCUT2D eigenvalue weighted by atomic mass is 16.6. The zero-order valence-electron chi connectivity index (χ0n) is 19.9. The molecule has 1 fully saturated rings. The molecular weight excluding hydrogens is 462 g/mol. The number of fused-ring (bicyclic) bond motifs is 1. The van der Waals surface area contributed by atoms with Crippen LogP contribution in [-0.4, -0.2) is 49.1 Å². The van der Waals surface area contributed by atoms with Gasteiger partial charge in [-0.3, -0.25) is 9.59 Å². The number of amides is 1. The number of hydrogen-bond donors (Lipinski definition) is 1. The van der Waals surface area contributed by atoms with Gasteiger partial charge in [-0.15, -0.1) is 0 Å². The lowest BCUT2D eigenvalue weighted by Gasteiger charge is -2.26. The smallest absolute Gasteiger partial charge is 0.295 e. The van der Waals surface area contributed by atoms with Crippen LogP contribution in [0, 0.1) is 0 Å². The highest BCUT2D eigenvalue weighted by Crippen LogP contribution is 2.43. The molecule has 8 nitrogen and oxygen atoms in total. The summed E-state index contributed by atoms with van der Waals surface area (Å²) in [7, 11) is 3.04. The van der Waals surface area contributed by atoms with Crippen molar-refractivity contribution >= 4 is 17.4 Å². The molecule has 5 rings (SSSR count). The van der Waals surface area contributed by atoms with Gasteiger partial charge >= 0.3 is 0 Å². The van der Waals surface area contributed by atoms with Crippen LogP contribution in [0.5, 0.6) is 23.0 Å². The summed E-state index contributed by atoms with van der Waals surface area (Å²) in [6, 6.07) is 18.6. The van der Waals surface area contributed by atoms with Crippen molar-refractivity contribution in [2.45, 2.75) is 12.6 Å². The van der Waals surface area contributed by atoms with E-state index >= 15 is 0 Å². The number of ketones is 1. The number of aliphatic hydroxyl groups is 1. The van der Waals surface area contributed by atoms with Gasteiger partial charge in [0.05, 0.1) is 25.8 Å². The van der Waals surface area contributed by atoms with Crippen molar-refractivity contribution in [2.24, 2.45) is 0 Å². The van der Waals surface area contributed by atoms with Gasteiger partial charge in [-0.2, -0.15) is 0 Å². The summed E-state index contributed by atoms with van der Waals surface area (Å²) >= 11 is 0. The van der Waals surface area contributed by atoms with E-state index in [9.17, 15) is 14.7 Å². The van der Waals surface area contributed by atoms with E-state index in [0.29, 0.717) is 47.3 Å². The third-order valence-corrected chi connectivity index (χ3v) is 6.27. The van der Waals surface area contributed by atoms with Gasteiger partial charge in [-0.05, 0) is 41.5 Å². The largest absolute Gasteiger partial charge is 0.507 e. The van der Waals surface area contributed by atoms with Crippen LogP contribution in [0.15, 0.2) is 72.3 Å². The zero-order valence-corrected chi connectivity index (χ0v) is 19.9. The Bertz CT molecular complexity index is 1350. The second-order valence-corrected chi connectivity index (χ2v) is 8.39. The first-order valence-electron chi connectivity index (χ1n) is 11.5. The number of carbonyl (C=O) groups excluding carboxylic acids is 2. The molecule has 0 aromatic heterocycles. The van der Waals surface area contributed by atoms with Crippen LogP contribution in [0.1, 0.15) is 22.7 Å². The van der Waals surface area contributed by atoms with Gasteiger partial charge in [-0.25, -0.2) is 0 Å². The average molecular weight is 488 g/mol. The molecule has 1 N–H and O–H groups in total. The Morgan fingerprint density at radius 1 is 0.917 bits per heavy atom. The molecule has 0 aliphatic carbocycles. The second-order valence-electron chi connectivity index (χ2n) is 8.39. The van der Waals surface area contributed by atoms with Crippen molar-refractivity contribution in [1.29, 1.82) is 0 Å². The van der Waals surface area contributed by atoms with E-state index in [1.165, 1.54) is 19.1 Å². The molecule has 1 amide bonds. The number of likely N-dealkylation sites (tertiary alicyclic amines) is 1. The lowest BCUT2D eigenvalue weighted by molar-refractivity contribution is -0.140. The molecule has 1 saturated heterocycles. The zero-order chi connectivity index (χ0) is 25.2. The van der Waals surface area contributed by atoms with Gasteiger partial charge in [0.1, 0.15) is 19.0 Å². The lowest BCUT2D eigenvalue weighted by Crippen LogP contribution is -2.29. The van der Waals surface area contributed by atoms with Crippen molar-refractivity contribution in [3.8, 4) is 23.0 Å². The Morgan fingerprint density at radius 2 is 1.64 bits per heavy atom. The number of carbonyl (C=O) groups is 2. The van der Waals surface area contributed by atoms with Crippen LogP contribution in [0.3, 0.4) is 0 Å². The molecule has 1 atom stereocenters. The molecule has 3 aromatic rings. The van der Waals surface area contributed by atoms with Crippen molar-refractivity contribution < 1.29 is 33.6 Å². The Morgan fingerprint density at radius 3 is 2.36 bits per heavy atom. The van der Waals surface area contributed by atoms with Crippen LogP contribution < -0.4 is 18.9 Å². The molecule has 2 aliphatic rings. The van der Waals surface area contributed by atoms with Crippen molar-refractivity contribution in [2.75, 3.05) is 27.4 Å². The summed E-state index contributed by atoms with van der Waals surface area (Å²) in [5.41, 5.74) is 1.79. The van der Waals surface area contributed by atoms with E-state index < -0.39 is 17.7 Å². The van der Waals surface area contributed by atoms with E-state index in [1.54, 1.807) is 36.4 Å². The maximum absolute atomic E-state index is 13.3. The number of aliphatic hydroxyl groups excluding tert-OH is 1. The predicted molar refractivity (Wildman–Crippen MR) is 131 cm³/mol. The fraction of sp³-hybridized carbons (Fsp3) is 0.214. The number of ether oxygens (including phenoxy) is 4.